The van der Waals surface area contributed by atoms with Crippen LogP contribution in [-0.2, 0) is 9.59 Å². The van der Waals surface area contributed by atoms with E-state index >= 15 is 0 Å². The largest absolute Gasteiger partial charge is 0.490 e. The lowest BCUT2D eigenvalue weighted by atomic mass is 10.2. The van der Waals surface area contributed by atoms with E-state index in [4.69, 9.17) is 9.47 Å². The highest BCUT2D eigenvalue weighted by atomic mass is 79.9. The number of hydrogen-bond acceptors (Lipinski definition) is 6. The number of halogens is 2. The van der Waals surface area contributed by atoms with Crippen molar-refractivity contribution in [2.45, 2.75) is 39.9 Å². The molecule has 2 aromatic carbocycles. The smallest absolute Gasteiger partial charge is 0.331 e. The SMILES string of the molecule is CC(C)Oc1ccc(Br)cc1C=NNC(=O)C(=O)N/N=C\c1cc(Br)ccc1OC(C)C. The van der Waals surface area contributed by atoms with Crippen LogP contribution in [0.3, 0.4) is 0 Å². The molecule has 0 saturated carbocycles. The predicted molar refractivity (Wildman–Crippen MR) is 131 cm³/mol. The van der Waals surface area contributed by atoms with Crippen LogP contribution in [0.4, 0.5) is 0 Å². The van der Waals surface area contributed by atoms with Crippen molar-refractivity contribution < 1.29 is 19.1 Å². The number of hydrogen-bond donors (Lipinski definition) is 2. The van der Waals surface area contributed by atoms with E-state index in [-0.39, 0.29) is 12.2 Å². The molecule has 2 amide bonds. The van der Waals surface area contributed by atoms with Crippen LogP contribution >= 0.6 is 31.9 Å². The van der Waals surface area contributed by atoms with E-state index in [1.54, 1.807) is 24.3 Å². The van der Waals surface area contributed by atoms with Gasteiger partial charge in [-0.25, -0.2) is 10.9 Å². The molecule has 0 aromatic heterocycles. The maximum Gasteiger partial charge on any atom is 0.331 e. The van der Waals surface area contributed by atoms with Crippen molar-refractivity contribution in [1.29, 1.82) is 0 Å². The fraction of sp³-hybridized carbons (Fsp3) is 0.273. The van der Waals surface area contributed by atoms with E-state index in [1.165, 1.54) is 12.4 Å². The van der Waals surface area contributed by atoms with E-state index in [0.29, 0.717) is 22.6 Å². The number of ether oxygens (including phenoxy) is 2. The summed E-state index contributed by atoms with van der Waals surface area (Å²) in [5.74, 6) is -0.729. The molecule has 8 nitrogen and oxygen atoms in total. The fourth-order valence-corrected chi connectivity index (χ4v) is 3.14. The summed E-state index contributed by atoms with van der Waals surface area (Å²) in [4.78, 5) is 24.0. The molecule has 2 aromatic rings. The number of carbonyl (C=O) groups excluding carboxylic acids is 2. The highest BCUT2D eigenvalue weighted by Gasteiger charge is 2.12. The Hall–Kier alpha value is -2.72. The maximum atomic E-state index is 12.0. The highest BCUT2D eigenvalue weighted by Crippen LogP contribution is 2.23. The first-order valence-corrected chi connectivity index (χ1v) is 11.3. The minimum atomic E-state index is -0.965. The third-order valence-corrected chi connectivity index (χ3v) is 4.60. The lowest BCUT2D eigenvalue weighted by molar-refractivity contribution is -0.139. The van der Waals surface area contributed by atoms with E-state index in [9.17, 15) is 9.59 Å². The monoisotopic (exact) mass is 566 g/mol. The number of nitrogens with one attached hydrogen (secondary N) is 2. The van der Waals surface area contributed by atoms with Gasteiger partial charge in [0.05, 0.1) is 24.6 Å². The third kappa shape index (κ3) is 8.43. The number of benzene rings is 2. The zero-order valence-corrected chi connectivity index (χ0v) is 21.2. The number of nitrogens with zero attached hydrogens (tertiary/aromatic N) is 2. The molecule has 0 heterocycles. The topological polar surface area (TPSA) is 101 Å². The summed E-state index contributed by atoms with van der Waals surface area (Å²) in [6.45, 7) is 7.62. The standard InChI is InChI=1S/C22H24Br2N4O4/c1-13(2)31-19-7-5-17(23)9-15(19)11-25-27-21(29)22(30)28-26-12-16-10-18(24)6-8-20(16)32-14(3)4/h5-14H,1-4H3,(H,27,29)(H,28,30)/b25-11-,26-12?. The predicted octanol–water partition coefficient (Wildman–Crippen LogP) is 4.39. The zero-order chi connectivity index (χ0) is 23.7. The van der Waals surface area contributed by atoms with Crippen molar-refractivity contribution in [1.82, 2.24) is 10.9 Å². The molecular weight excluding hydrogens is 544 g/mol. The Morgan fingerprint density at radius 2 is 1.16 bits per heavy atom. The zero-order valence-electron chi connectivity index (χ0n) is 18.1. The molecule has 2 rings (SSSR count). The molecule has 0 saturated heterocycles. The molecule has 0 fully saturated rings. The number of carbonyl (C=O) groups is 2. The summed E-state index contributed by atoms with van der Waals surface area (Å²) in [7, 11) is 0. The molecule has 170 valence electrons. The molecule has 10 heteroatoms. The van der Waals surface area contributed by atoms with Gasteiger partial charge in [0.1, 0.15) is 11.5 Å². The van der Waals surface area contributed by atoms with Gasteiger partial charge in [-0.05, 0) is 64.1 Å². The van der Waals surface area contributed by atoms with Gasteiger partial charge in [-0.2, -0.15) is 10.2 Å². The molecular formula is C22H24Br2N4O4. The number of hydrazone groups is 2. The second-order valence-electron chi connectivity index (χ2n) is 7.10. The van der Waals surface area contributed by atoms with E-state index in [1.807, 2.05) is 39.8 Å². The summed E-state index contributed by atoms with van der Waals surface area (Å²) in [6, 6.07) is 10.8. The lowest BCUT2D eigenvalue weighted by Gasteiger charge is -2.12. The molecule has 0 aliphatic carbocycles. The fourth-order valence-electron chi connectivity index (χ4n) is 2.39. The van der Waals surface area contributed by atoms with Crippen molar-refractivity contribution in [3.63, 3.8) is 0 Å². The normalized spacial score (nSPS) is 11.4. The van der Waals surface area contributed by atoms with Crippen LogP contribution in [0.15, 0.2) is 55.5 Å². The Morgan fingerprint density at radius 3 is 1.50 bits per heavy atom. The van der Waals surface area contributed by atoms with E-state index in [2.05, 4.69) is 52.9 Å². The van der Waals surface area contributed by atoms with Crippen LogP contribution < -0.4 is 20.3 Å². The van der Waals surface area contributed by atoms with Crippen LogP contribution in [0, 0.1) is 0 Å². The molecule has 0 atom stereocenters. The molecule has 2 N–H and O–H groups in total. The minimum absolute atomic E-state index is 0.0294. The van der Waals surface area contributed by atoms with Crippen molar-refractivity contribution in [3.05, 3.63) is 56.5 Å². The molecule has 0 bridgehead atoms. The molecule has 32 heavy (non-hydrogen) atoms. The van der Waals surface area contributed by atoms with Crippen LogP contribution in [-0.4, -0.2) is 36.5 Å². The van der Waals surface area contributed by atoms with Gasteiger partial charge in [0.25, 0.3) is 0 Å². The van der Waals surface area contributed by atoms with E-state index in [0.717, 1.165) is 8.95 Å². The maximum absolute atomic E-state index is 12.0. The van der Waals surface area contributed by atoms with Gasteiger partial charge in [0, 0.05) is 20.1 Å². The quantitative estimate of drug-likeness (QED) is 0.281. The average molecular weight is 568 g/mol. The van der Waals surface area contributed by atoms with Gasteiger partial charge in [-0.15, -0.1) is 0 Å². The third-order valence-electron chi connectivity index (χ3n) is 3.61. The van der Waals surface area contributed by atoms with Crippen molar-refractivity contribution >= 4 is 56.1 Å². The van der Waals surface area contributed by atoms with Gasteiger partial charge in [0.2, 0.25) is 0 Å². The summed E-state index contributed by atoms with van der Waals surface area (Å²) < 4.78 is 13.1. The van der Waals surface area contributed by atoms with Crippen LogP contribution in [0.1, 0.15) is 38.8 Å². The summed E-state index contributed by atoms with van der Waals surface area (Å²) in [5.41, 5.74) is 5.61. The van der Waals surface area contributed by atoms with Crippen molar-refractivity contribution in [2.24, 2.45) is 10.2 Å². The molecule has 0 aliphatic heterocycles. The minimum Gasteiger partial charge on any atom is -0.490 e. The first-order chi connectivity index (χ1) is 15.2. The summed E-state index contributed by atoms with van der Waals surface area (Å²) in [6.07, 6.45) is 2.73. The second-order valence-corrected chi connectivity index (χ2v) is 8.93. The van der Waals surface area contributed by atoms with Gasteiger partial charge in [0.15, 0.2) is 0 Å². The Kier molecular flexibility index (Phi) is 9.86. The lowest BCUT2D eigenvalue weighted by Crippen LogP contribution is -2.35. The Morgan fingerprint density at radius 1 is 0.781 bits per heavy atom. The van der Waals surface area contributed by atoms with Crippen molar-refractivity contribution in [3.8, 4) is 11.5 Å². The van der Waals surface area contributed by atoms with Gasteiger partial charge in [-0.3, -0.25) is 9.59 Å². The Labute approximate surface area is 203 Å². The number of rotatable bonds is 8. The average Bonchev–Trinajstić information content (AvgIpc) is 2.71. The second kappa shape index (κ2) is 12.4. The Bertz CT molecular complexity index is 941. The molecule has 0 spiro atoms. The van der Waals surface area contributed by atoms with Gasteiger partial charge in [-0.1, -0.05) is 31.9 Å². The summed E-state index contributed by atoms with van der Waals surface area (Å²) >= 11 is 6.76. The van der Waals surface area contributed by atoms with Gasteiger partial charge < -0.3 is 9.47 Å². The molecule has 0 radical (unpaired) electrons. The number of amides is 2. The Balaban J connectivity index is 1.98. The van der Waals surface area contributed by atoms with Crippen LogP contribution in [0.5, 0.6) is 11.5 Å². The molecule has 0 aliphatic rings. The van der Waals surface area contributed by atoms with E-state index < -0.39 is 11.8 Å². The van der Waals surface area contributed by atoms with Crippen LogP contribution in [0.25, 0.3) is 0 Å². The highest BCUT2D eigenvalue weighted by molar-refractivity contribution is 9.10. The van der Waals surface area contributed by atoms with Crippen LogP contribution in [0.2, 0.25) is 0 Å². The molecule has 0 unspecified atom stereocenters. The first kappa shape index (κ1) is 25.5. The van der Waals surface area contributed by atoms with Crippen molar-refractivity contribution in [2.75, 3.05) is 0 Å². The first-order valence-electron chi connectivity index (χ1n) is 9.74. The van der Waals surface area contributed by atoms with Gasteiger partial charge >= 0.3 is 11.8 Å². The summed E-state index contributed by atoms with van der Waals surface area (Å²) in [5, 5.41) is 7.66.